The van der Waals surface area contributed by atoms with Gasteiger partial charge >= 0.3 is 0 Å². The number of aryl methyl sites for hydroxylation is 1. The second-order valence-electron chi connectivity index (χ2n) is 4.70. The summed E-state index contributed by atoms with van der Waals surface area (Å²) >= 11 is 1.71. The lowest BCUT2D eigenvalue weighted by Gasteiger charge is -2.29. The lowest BCUT2D eigenvalue weighted by molar-refractivity contribution is 0.0670. The number of fused-ring (bicyclic) bond motifs is 1. The third-order valence-electron chi connectivity index (χ3n) is 3.39. The van der Waals surface area contributed by atoms with Gasteiger partial charge in [-0.1, -0.05) is 6.92 Å². The molecule has 0 aliphatic carbocycles. The van der Waals surface area contributed by atoms with Crippen molar-refractivity contribution < 1.29 is 14.2 Å². The predicted molar refractivity (Wildman–Crippen MR) is 73.0 cm³/mol. The van der Waals surface area contributed by atoms with Crippen molar-refractivity contribution in [2.75, 3.05) is 0 Å². The number of aliphatic hydroxyl groups excluding tert-OH is 1. The minimum absolute atomic E-state index is 0.140. The van der Waals surface area contributed by atoms with Gasteiger partial charge in [-0.3, -0.25) is 0 Å². The average molecular weight is 278 g/mol. The molecule has 1 unspecified atom stereocenters. The molecule has 0 amide bonds. The first-order valence-electron chi connectivity index (χ1n) is 6.40. The Kier molecular flexibility index (Phi) is 3.29. The highest BCUT2D eigenvalue weighted by Gasteiger charge is 2.29. The zero-order chi connectivity index (χ0) is 13.4. The summed E-state index contributed by atoms with van der Waals surface area (Å²) in [4.78, 5) is 2.42. The molecule has 19 heavy (non-hydrogen) atoms. The third kappa shape index (κ3) is 2.38. The van der Waals surface area contributed by atoms with Crippen LogP contribution >= 0.6 is 11.3 Å². The summed E-state index contributed by atoms with van der Waals surface area (Å²) in [7, 11) is 0. The van der Waals surface area contributed by atoms with Gasteiger partial charge in [-0.2, -0.15) is 0 Å². The maximum absolute atomic E-state index is 13.2. The second-order valence-corrected chi connectivity index (χ2v) is 5.90. The Hall–Kier alpha value is -1.39. The van der Waals surface area contributed by atoms with Crippen molar-refractivity contribution in [3.8, 4) is 5.75 Å². The average Bonchev–Trinajstić information content (AvgIpc) is 2.88. The Morgan fingerprint density at radius 1 is 1.37 bits per heavy atom. The fraction of sp³-hybridized carbons (Fsp3) is 0.333. The Balaban J connectivity index is 1.90. The maximum Gasteiger partial charge on any atom is 0.136 e. The molecule has 4 heteroatoms. The van der Waals surface area contributed by atoms with E-state index in [0.717, 1.165) is 11.3 Å². The van der Waals surface area contributed by atoms with Crippen LogP contribution in [0.3, 0.4) is 0 Å². The topological polar surface area (TPSA) is 29.5 Å². The van der Waals surface area contributed by atoms with Crippen molar-refractivity contribution in [1.82, 2.24) is 0 Å². The van der Waals surface area contributed by atoms with Crippen molar-refractivity contribution in [2.24, 2.45) is 0 Å². The van der Waals surface area contributed by atoms with E-state index in [-0.39, 0.29) is 11.9 Å². The van der Waals surface area contributed by atoms with Crippen LogP contribution in [0.1, 0.15) is 40.9 Å². The first kappa shape index (κ1) is 12.6. The van der Waals surface area contributed by atoms with Crippen LogP contribution in [0, 0.1) is 5.82 Å². The Morgan fingerprint density at radius 3 is 2.95 bits per heavy atom. The van der Waals surface area contributed by atoms with Gasteiger partial charge in [0.05, 0.1) is 6.10 Å². The zero-order valence-corrected chi connectivity index (χ0v) is 11.4. The van der Waals surface area contributed by atoms with Crippen LogP contribution in [0.15, 0.2) is 30.3 Å². The molecule has 2 nitrogen and oxygen atoms in total. The van der Waals surface area contributed by atoms with Crippen molar-refractivity contribution in [3.05, 3.63) is 51.5 Å². The number of halogens is 1. The first-order valence-corrected chi connectivity index (χ1v) is 7.21. The number of thiophene rings is 1. The normalized spacial score (nSPS) is 21.8. The van der Waals surface area contributed by atoms with E-state index in [2.05, 4.69) is 19.1 Å². The van der Waals surface area contributed by atoms with Crippen LogP contribution in [0.5, 0.6) is 5.75 Å². The molecule has 100 valence electrons. The molecule has 2 aromatic rings. The van der Waals surface area contributed by atoms with E-state index < -0.39 is 6.10 Å². The van der Waals surface area contributed by atoms with Crippen LogP contribution in [0.4, 0.5) is 4.39 Å². The first-order chi connectivity index (χ1) is 9.17. The molecule has 1 aliphatic rings. The van der Waals surface area contributed by atoms with Crippen molar-refractivity contribution >= 4 is 11.3 Å². The number of aliphatic hydroxyl groups is 1. The molecule has 1 aromatic heterocycles. The SMILES string of the molecule is CCc1ccc(C2C[C@@H](O)c3cc(F)ccc3O2)s1. The lowest BCUT2D eigenvalue weighted by atomic mass is 9.98. The van der Waals surface area contributed by atoms with Crippen LogP contribution in [0.25, 0.3) is 0 Å². The van der Waals surface area contributed by atoms with Gasteiger partial charge in [0.2, 0.25) is 0 Å². The highest BCUT2D eigenvalue weighted by Crippen LogP contribution is 2.42. The van der Waals surface area contributed by atoms with Crippen LogP contribution in [0.2, 0.25) is 0 Å². The van der Waals surface area contributed by atoms with Crippen molar-refractivity contribution in [3.63, 3.8) is 0 Å². The van der Waals surface area contributed by atoms with Crippen molar-refractivity contribution in [1.29, 1.82) is 0 Å². The molecule has 1 aliphatic heterocycles. The molecule has 1 N–H and O–H groups in total. The predicted octanol–water partition coefficient (Wildman–Crippen LogP) is 4.01. The maximum atomic E-state index is 13.2. The van der Waals surface area contributed by atoms with E-state index in [0.29, 0.717) is 17.7 Å². The third-order valence-corrected chi connectivity index (χ3v) is 4.71. The number of benzene rings is 1. The summed E-state index contributed by atoms with van der Waals surface area (Å²) in [5.41, 5.74) is 0.545. The fourth-order valence-corrected chi connectivity index (χ4v) is 3.34. The Morgan fingerprint density at radius 2 is 2.21 bits per heavy atom. The molecule has 0 spiro atoms. The fourth-order valence-electron chi connectivity index (χ4n) is 2.35. The van der Waals surface area contributed by atoms with E-state index in [1.807, 2.05) is 0 Å². The van der Waals surface area contributed by atoms with Gasteiger partial charge in [0.15, 0.2) is 0 Å². The van der Waals surface area contributed by atoms with E-state index in [4.69, 9.17) is 4.74 Å². The summed E-state index contributed by atoms with van der Waals surface area (Å²) in [6, 6.07) is 8.45. The summed E-state index contributed by atoms with van der Waals surface area (Å²) in [6.45, 7) is 2.12. The number of hydrogen-bond donors (Lipinski definition) is 1. The number of rotatable bonds is 2. The van der Waals surface area contributed by atoms with Crippen LogP contribution in [-0.4, -0.2) is 5.11 Å². The highest BCUT2D eigenvalue weighted by atomic mass is 32.1. The Labute approximate surface area is 115 Å². The summed E-state index contributed by atoms with van der Waals surface area (Å²) in [5.74, 6) is 0.237. The van der Waals surface area contributed by atoms with Crippen LogP contribution in [-0.2, 0) is 6.42 Å². The van der Waals surface area contributed by atoms with Crippen LogP contribution < -0.4 is 4.74 Å². The van der Waals surface area contributed by atoms with Gasteiger partial charge in [-0.25, -0.2) is 4.39 Å². The van der Waals surface area contributed by atoms with Gasteiger partial charge < -0.3 is 9.84 Å². The summed E-state index contributed by atoms with van der Waals surface area (Å²) < 4.78 is 19.1. The van der Waals surface area contributed by atoms with E-state index in [9.17, 15) is 9.50 Å². The van der Waals surface area contributed by atoms with Crippen molar-refractivity contribution in [2.45, 2.75) is 32.0 Å². The number of ether oxygens (including phenoxy) is 1. The van der Waals surface area contributed by atoms with E-state index in [1.165, 1.54) is 17.0 Å². The van der Waals surface area contributed by atoms with Gasteiger partial charge in [-0.05, 0) is 36.8 Å². The second kappa shape index (κ2) is 4.94. The van der Waals surface area contributed by atoms with E-state index in [1.54, 1.807) is 17.4 Å². The molecule has 2 atom stereocenters. The highest BCUT2D eigenvalue weighted by molar-refractivity contribution is 7.12. The monoisotopic (exact) mass is 278 g/mol. The molecule has 0 saturated carbocycles. The minimum Gasteiger partial charge on any atom is -0.484 e. The molecular formula is C15H15FO2S. The van der Waals surface area contributed by atoms with Gasteiger partial charge in [0, 0.05) is 21.7 Å². The zero-order valence-electron chi connectivity index (χ0n) is 10.6. The van der Waals surface area contributed by atoms with Gasteiger partial charge in [-0.15, -0.1) is 11.3 Å². The van der Waals surface area contributed by atoms with Gasteiger partial charge in [0.25, 0.3) is 0 Å². The molecule has 3 rings (SSSR count). The molecule has 0 saturated heterocycles. The van der Waals surface area contributed by atoms with Gasteiger partial charge in [0.1, 0.15) is 17.7 Å². The smallest absolute Gasteiger partial charge is 0.136 e. The number of hydrogen-bond acceptors (Lipinski definition) is 3. The quantitative estimate of drug-likeness (QED) is 0.899. The Bertz CT molecular complexity index is 594. The van der Waals surface area contributed by atoms with E-state index >= 15 is 0 Å². The summed E-state index contributed by atoms with van der Waals surface area (Å²) in [6.07, 6.45) is 0.664. The summed E-state index contributed by atoms with van der Waals surface area (Å²) in [5, 5.41) is 10.1. The molecule has 0 radical (unpaired) electrons. The molecule has 0 fully saturated rings. The minimum atomic E-state index is -0.670. The molecule has 2 heterocycles. The molecule has 1 aromatic carbocycles. The largest absolute Gasteiger partial charge is 0.484 e. The molecular weight excluding hydrogens is 263 g/mol. The lowest BCUT2D eigenvalue weighted by Crippen LogP contribution is -2.18. The standard InChI is InChI=1S/C15H15FO2S/c1-2-10-4-6-15(19-10)14-8-12(17)11-7-9(16)3-5-13(11)18-14/h3-7,12,14,17H,2,8H2,1H3/t12-,14?/m1/s1. The molecule has 0 bridgehead atoms.